The van der Waals surface area contributed by atoms with Gasteiger partial charge in [0.15, 0.2) is 5.54 Å². The number of aliphatic imine (C=N–C) groups is 1. The summed E-state index contributed by atoms with van der Waals surface area (Å²) in [7, 11) is 0. The van der Waals surface area contributed by atoms with Crippen molar-refractivity contribution in [2.24, 2.45) is 4.99 Å². The van der Waals surface area contributed by atoms with Crippen LogP contribution in [0.1, 0.15) is 52.7 Å². The molecule has 0 saturated carbocycles. The standard InChI is InChI=1S/C26H32N2O4/c1-24(2,3)31-22(29)26(17-19-13-9-7-10-14-19)18-28(23(30)32-25(4,5)6)21(27-26)20-15-11-8-12-16-20/h7-16H,17-18H2,1-6H3/t26-/m0/s1. The molecule has 2 aromatic carbocycles. The third kappa shape index (κ3) is 5.75. The Morgan fingerprint density at radius 2 is 1.41 bits per heavy atom. The van der Waals surface area contributed by atoms with Crippen LogP contribution in [0.15, 0.2) is 65.7 Å². The van der Waals surface area contributed by atoms with Crippen LogP contribution < -0.4 is 0 Å². The molecular weight excluding hydrogens is 404 g/mol. The number of amidine groups is 1. The molecule has 0 bridgehead atoms. The largest absolute Gasteiger partial charge is 0.458 e. The Morgan fingerprint density at radius 3 is 1.94 bits per heavy atom. The molecule has 1 aliphatic rings. The highest BCUT2D eigenvalue weighted by Gasteiger charge is 2.51. The third-order valence-corrected chi connectivity index (χ3v) is 4.76. The number of hydrogen-bond acceptors (Lipinski definition) is 5. The first-order valence-corrected chi connectivity index (χ1v) is 10.8. The van der Waals surface area contributed by atoms with Gasteiger partial charge in [-0.25, -0.2) is 14.6 Å². The molecule has 0 radical (unpaired) electrons. The van der Waals surface area contributed by atoms with Gasteiger partial charge in [0.1, 0.15) is 17.0 Å². The molecule has 1 amide bonds. The summed E-state index contributed by atoms with van der Waals surface area (Å²) >= 11 is 0. The third-order valence-electron chi connectivity index (χ3n) is 4.76. The Hall–Kier alpha value is -3.15. The fraction of sp³-hybridized carbons (Fsp3) is 0.423. The van der Waals surface area contributed by atoms with Gasteiger partial charge in [-0.1, -0.05) is 60.7 Å². The number of ether oxygens (including phenoxy) is 2. The van der Waals surface area contributed by atoms with E-state index in [2.05, 4.69) is 0 Å². The van der Waals surface area contributed by atoms with Gasteiger partial charge in [0, 0.05) is 12.0 Å². The zero-order valence-electron chi connectivity index (χ0n) is 19.7. The predicted octanol–water partition coefficient (Wildman–Crippen LogP) is 5.01. The normalized spacial score (nSPS) is 18.8. The van der Waals surface area contributed by atoms with E-state index in [0.717, 1.165) is 11.1 Å². The quantitative estimate of drug-likeness (QED) is 0.632. The van der Waals surface area contributed by atoms with Crippen molar-refractivity contribution in [1.29, 1.82) is 0 Å². The average Bonchev–Trinajstić information content (AvgIpc) is 3.08. The maximum Gasteiger partial charge on any atom is 0.416 e. The lowest BCUT2D eigenvalue weighted by Crippen LogP contribution is -2.49. The zero-order valence-corrected chi connectivity index (χ0v) is 19.7. The Balaban J connectivity index is 2.09. The van der Waals surface area contributed by atoms with Crippen molar-refractivity contribution in [1.82, 2.24) is 4.90 Å². The van der Waals surface area contributed by atoms with Gasteiger partial charge in [-0.05, 0) is 47.1 Å². The van der Waals surface area contributed by atoms with Gasteiger partial charge >= 0.3 is 12.1 Å². The predicted molar refractivity (Wildman–Crippen MR) is 125 cm³/mol. The molecule has 0 aliphatic carbocycles. The van der Waals surface area contributed by atoms with Crippen molar-refractivity contribution in [2.45, 2.75) is 64.7 Å². The highest BCUT2D eigenvalue weighted by Crippen LogP contribution is 2.32. The van der Waals surface area contributed by atoms with Gasteiger partial charge in [-0.3, -0.25) is 4.90 Å². The number of hydrogen-bond donors (Lipinski definition) is 0. The molecular formula is C26H32N2O4. The molecule has 0 saturated heterocycles. The zero-order chi connectivity index (χ0) is 23.6. The second kappa shape index (κ2) is 8.77. The maximum atomic E-state index is 13.5. The smallest absolute Gasteiger partial charge is 0.416 e. The summed E-state index contributed by atoms with van der Waals surface area (Å²) in [6, 6.07) is 19.0. The van der Waals surface area contributed by atoms with Crippen LogP contribution in [0, 0.1) is 0 Å². The molecule has 1 atom stereocenters. The lowest BCUT2D eigenvalue weighted by atomic mass is 9.91. The van der Waals surface area contributed by atoms with Gasteiger partial charge in [0.05, 0.1) is 6.54 Å². The van der Waals surface area contributed by atoms with Gasteiger partial charge in [0.2, 0.25) is 0 Å². The van der Waals surface area contributed by atoms with Crippen LogP contribution in [0.25, 0.3) is 0 Å². The van der Waals surface area contributed by atoms with E-state index < -0.39 is 28.8 Å². The Labute approximate surface area is 190 Å². The number of benzene rings is 2. The molecule has 6 heteroatoms. The summed E-state index contributed by atoms with van der Waals surface area (Å²) in [5.41, 5.74) is -0.994. The fourth-order valence-corrected chi connectivity index (χ4v) is 3.49. The van der Waals surface area contributed by atoms with Crippen LogP contribution >= 0.6 is 0 Å². The van der Waals surface area contributed by atoms with Crippen LogP contribution in [0.3, 0.4) is 0 Å². The number of amides is 1. The van der Waals surface area contributed by atoms with E-state index in [0.29, 0.717) is 12.3 Å². The number of nitrogens with zero attached hydrogens (tertiary/aromatic N) is 2. The fourth-order valence-electron chi connectivity index (χ4n) is 3.49. The van der Waals surface area contributed by atoms with E-state index in [9.17, 15) is 9.59 Å². The van der Waals surface area contributed by atoms with Crippen LogP contribution in [-0.4, -0.2) is 46.1 Å². The molecule has 32 heavy (non-hydrogen) atoms. The summed E-state index contributed by atoms with van der Waals surface area (Å²) in [6.07, 6.45) is -0.239. The van der Waals surface area contributed by atoms with E-state index in [4.69, 9.17) is 14.5 Å². The molecule has 1 aliphatic heterocycles. The minimum Gasteiger partial charge on any atom is -0.458 e. The van der Waals surface area contributed by atoms with Crippen LogP contribution in [0.2, 0.25) is 0 Å². The molecule has 1 heterocycles. The molecule has 6 nitrogen and oxygen atoms in total. The van der Waals surface area contributed by atoms with Gasteiger partial charge in [-0.2, -0.15) is 0 Å². The molecule has 0 aromatic heterocycles. The van der Waals surface area contributed by atoms with Crippen LogP contribution in [0.5, 0.6) is 0 Å². The minimum atomic E-state index is -1.28. The molecule has 0 fully saturated rings. The van der Waals surface area contributed by atoms with E-state index in [1.165, 1.54) is 4.90 Å². The van der Waals surface area contributed by atoms with Crippen LogP contribution in [0.4, 0.5) is 4.79 Å². The highest BCUT2D eigenvalue weighted by atomic mass is 16.6. The number of rotatable bonds is 4. The Kier molecular flexibility index (Phi) is 6.44. The second-order valence-electron chi connectivity index (χ2n) is 10.1. The lowest BCUT2D eigenvalue weighted by Gasteiger charge is -2.30. The Bertz CT molecular complexity index is 988. The minimum absolute atomic E-state index is 0.0376. The molecule has 170 valence electrons. The van der Waals surface area contributed by atoms with Crippen molar-refractivity contribution in [3.05, 3.63) is 71.8 Å². The highest BCUT2D eigenvalue weighted by molar-refractivity contribution is 6.10. The number of carbonyl (C=O) groups is 2. The van der Waals surface area contributed by atoms with Crippen molar-refractivity contribution >= 4 is 17.9 Å². The van der Waals surface area contributed by atoms with Gasteiger partial charge in [-0.15, -0.1) is 0 Å². The Morgan fingerprint density at radius 1 is 0.875 bits per heavy atom. The number of carbonyl (C=O) groups excluding carboxylic acids is 2. The summed E-state index contributed by atoms with van der Waals surface area (Å²) < 4.78 is 11.4. The summed E-state index contributed by atoms with van der Waals surface area (Å²) in [6.45, 7) is 10.9. The lowest BCUT2D eigenvalue weighted by molar-refractivity contribution is -0.161. The number of esters is 1. The molecule has 2 aromatic rings. The first-order valence-electron chi connectivity index (χ1n) is 10.8. The first-order chi connectivity index (χ1) is 14.9. The summed E-state index contributed by atoms with van der Waals surface area (Å²) in [4.78, 5) is 33.0. The topological polar surface area (TPSA) is 68.2 Å². The van der Waals surface area contributed by atoms with E-state index in [1.54, 1.807) is 0 Å². The summed E-state index contributed by atoms with van der Waals surface area (Å²) in [5.74, 6) is -0.0602. The molecule has 0 N–H and O–H groups in total. The average molecular weight is 437 g/mol. The van der Waals surface area contributed by atoms with Gasteiger partial charge in [0.25, 0.3) is 0 Å². The van der Waals surface area contributed by atoms with Crippen LogP contribution in [-0.2, 0) is 20.7 Å². The monoisotopic (exact) mass is 436 g/mol. The van der Waals surface area contributed by atoms with Crippen molar-refractivity contribution in [3.63, 3.8) is 0 Å². The SMILES string of the molecule is CC(C)(C)OC(=O)N1C[C@@](Cc2ccccc2)(C(=O)OC(C)(C)C)N=C1c1ccccc1. The van der Waals surface area contributed by atoms with Gasteiger partial charge < -0.3 is 9.47 Å². The molecule has 0 unspecified atom stereocenters. The maximum absolute atomic E-state index is 13.5. The molecule has 3 rings (SSSR count). The first kappa shape index (κ1) is 23.5. The van der Waals surface area contributed by atoms with E-state index in [1.807, 2.05) is 102 Å². The summed E-state index contributed by atoms with van der Waals surface area (Å²) in [5, 5.41) is 0. The second-order valence-corrected chi connectivity index (χ2v) is 10.1. The van der Waals surface area contributed by atoms with E-state index >= 15 is 0 Å². The van der Waals surface area contributed by atoms with E-state index in [-0.39, 0.29) is 6.54 Å². The van der Waals surface area contributed by atoms with Crippen molar-refractivity contribution in [2.75, 3.05) is 6.54 Å². The van der Waals surface area contributed by atoms with Crippen molar-refractivity contribution in [3.8, 4) is 0 Å². The van der Waals surface area contributed by atoms with Crippen molar-refractivity contribution < 1.29 is 19.1 Å². The molecule has 0 spiro atoms.